The summed E-state index contributed by atoms with van der Waals surface area (Å²) in [5.74, 6) is 0.927. The lowest BCUT2D eigenvalue weighted by Gasteiger charge is -2.18. The first kappa shape index (κ1) is 25.9. The van der Waals surface area contributed by atoms with Crippen LogP contribution in [0.2, 0.25) is 0 Å². The van der Waals surface area contributed by atoms with E-state index in [4.69, 9.17) is 11.3 Å². The van der Waals surface area contributed by atoms with Crippen molar-refractivity contribution in [2.75, 3.05) is 6.54 Å². The van der Waals surface area contributed by atoms with Gasteiger partial charge in [0.1, 0.15) is 18.0 Å². The number of ether oxygens (including phenoxy) is 1. The number of rotatable bonds is 13. The predicted octanol–water partition coefficient (Wildman–Crippen LogP) is 6.44. The minimum atomic E-state index is -0.167. The zero-order valence-electron chi connectivity index (χ0n) is 21.6. The summed E-state index contributed by atoms with van der Waals surface area (Å²) in [6.07, 6.45) is 18.1. The molecule has 0 aliphatic heterocycles. The van der Waals surface area contributed by atoms with E-state index in [1.54, 1.807) is 6.33 Å². The topological polar surface area (TPSA) is 79.2 Å². The van der Waals surface area contributed by atoms with E-state index in [2.05, 4.69) is 33.8 Å². The number of aromatic nitrogens is 5. The summed E-state index contributed by atoms with van der Waals surface area (Å²) in [7, 11) is 0. The van der Waals surface area contributed by atoms with Crippen LogP contribution < -0.4 is 0 Å². The molecule has 3 aromatic rings. The lowest BCUT2D eigenvalue weighted by molar-refractivity contribution is -0.147. The lowest BCUT2D eigenvalue weighted by Crippen LogP contribution is -2.20. The maximum absolute atomic E-state index is 12.4. The fourth-order valence-corrected chi connectivity index (χ4v) is 5.45. The Hall–Kier alpha value is -3.21. The summed E-state index contributed by atoms with van der Waals surface area (Å²) >= 11 is 0. The Balaban J connectivity index is 1.43. The minimum absolute atomic E-state index is 0.106. The number of unbranched alkanes of at least 4 members (excludes halogenated alkanes) is 1. The Morgan fingerprint density at radius 1 is 1.25 bits per heavy atom. The van der Waals surface area contributed by atoms with Crippen molar-refractivity contribution in [2.45, 2.75) is 90.8 Å². The first-order valence-electron chi connectivity index (χ1n) is 13.5. The van der Waals surface area contributed by atoms with Crippen molar-refractivity contribution in [3.63, 3.8) is 0 Å². The van der Waals surface area contributed by atoms with Crippen LogP contribution in [-0.2, 0) is 16.3 Å². The van der Waals surface area contributed by atoms with Crippen molar-refractivity contribution in [1.29, 1.82) is 0 Å². The molecule has 1 unspecified atom stereocenters. The summed E-state index contributed by atoms with van der Waals surface area (Å²) in [5, 5.41) is 5.52. The highest BCUT2D eigenvalue weighted by atomic mass is 16.5. The Bertz CT molecular complexity index is 1170. The Morgan fingerprint density at radius 3 is 2.83 bits per heavy atom. The molecule has 0 bridgehead atoms. The van der Waals surface area contributed by atoms with Crippen molar-refractivity contribution in [2.24, 2.45) is 11.8 Å². The Morgan fingerprint density at radius 2 is 2.08 bits per heavy atom. The molecule has 0 spiro atoms. The van der Waals surface area contributed by atoms with Gasteiger partial charge in [-0.2, -0.15) is 5.10 Å². The molecule has 0 amide bonds. The van der Waals surface area contributed by atoms with Gasteiger partial charge in [0.05, 0.1) is 11.9 Å². The largest absolute Gasteiger partial charge is 0.444 e. The third-order valence-corrected chi connectivity index (χ3v) is 7.66. The number of fused-ring (bicyclic) bond motifs is 1. The Labute approximate surface area is 213 Å². The van der Waals surface area contributed by atoms with Gasteiger partial charge < -0.3 is 9.58 Å². The molecule has 0 N–H and O–H groups in total. The number of esters is 1. The van der Waals surface area contributed by atoms with E-state index in [0.29, 0.717) is 24.8 Å². The Kier molecular flexibility index (Phi) is 9.10. The molecule has 1 fully saturated rings. The van der Waals surface area contributed by atoms with Gasteiger partial charge in [0.15, 0.2) is 6.73 Å². The standard InChI is InChI=1S/C28H38N6O2/c1-4-6-9-21(5-2)12-13-26(35)36-20-33-15-14-24-27(30-19-31-28(24)33)23-16-32-34(18-23)25(17-29-3)22-10-7-8-11-22/h14-16,18-19,21-22,25H,4-13,17,20H2,1-2H3/t21?,25-/m1/s1. The maximum atomic E-state index is 12.4. The van der Waals surface area contributed by atoms with E-state index in [1.807, 2.05) is 33.9 Å². The molecule has 192 valence electrons. The molecule has 8 nitrogen and oxygen atoms in total. The molecule has 0 saturated heterocycles. The van der Waals surface area contributed by atoms with Gasteiger partial charge in [0, 0.05) is 29.8 Å². The zero-order valence-corrected chi connectivity index (χ0v) is 21.6. The van der Waals surface area contributed by atoms with Gasteiger partial charge in [0.2, 0.25) is 6.54 Å². The van der Waals surface area contributed by atoms with E-state index in [0.717, 1.165) is 48.0 Å². The fourth-order valence-electron chi connectivity index (χ4n) is 5.45. The second kappa shape index (κ2) is 12.7. The summed E-state index contributed by atoms with van der Waals surface area (Å²) < 4.78 is 9.38. The second-order valence-corrected chi connectivity index (χ2v) is 10.0. The van der Waals surface area contributed by atoms with E-state index in [9.17, 15) is 4.79 Å². The van der Waals surface area contributed by atoms with Crippen LogP contribution in [-0.4, -0.2) is 36.8 Å². The van der Waals surface area contributed by atoms with Crippen LogP contribution in [0.15, 0.2) is 31.0 Å². The highest BCUT2D eigenvalue weighted by Crippen LogP contribution is 2.35. The number of hydrogen-bond acceptors (Lipinski definition) is 5. The molecule has 1 saturated carbocycles. The quantitative estimate of drug-likeness (QED) is 0.203. The van der Waals surface area contributed by atoms with Crippen LogP contribution in [0.5, 0.6) is 0 Å². The normalized spacial score (nSPS) is 15.7. The van der Waals surface area contributed by atoms with Crippen molar-refractivity contribution >= 4 is 17.0 Å². The summed E-state index contributed by atoms with van der Waals surface area (Å²) in [6, 6.07) is 2.07. The van der Waals surface area contributed by atoms with E-state index >= 15 is 0 Å². The first-order valence-corrected chi connectivity index (χ1v) is 13.5. The van der Waals surface area contributed by atoms with Crippen LogP contribution in [0.1, 0.15) is 84.1 Å². The average molecular weight is 491 g/mol. The number of carbonyl (C=O) groups excluding carboxylic acids is 1. The third kappa shape index (κ3) is 6.13. The van der Waals surface area contributed by atoms with Crippen LogP contribution >= 0.6 is 0 Å². The molecular weight excluding hydrogens is 452 g/mol. The number of nitrogens with zero attached hydrogens (tertiary/aromatic N) is 6. The maximum Gasteiger partial charge on any atom is 0.307 e. The van der Waals surface area contributed by atoms with Gasteiger partial charge in [-0.3, -0.25) is 14.0 Å². The third-order valence-electron chi connectivity index (χ3n) is 7.66. The molecule has 3 aromatic heterocycles. The van der Waals surface area contributed by atoms with Gasteiger partial charge >= 0.3 is 5.97 Å². The highest BCUT2D eigenvalue weighted by Gasteiger charge is 2.29. The molecule has 4 rings (SSSR count). The van der Waals surface area contributed by atoms with Gasteiger partial charge in [-0.15, -0.1) is 0 Å². The molecule has 8 heteroatoms. The van der Waals surface area contributed by atoms with E-state index in [-0.39, 0.29) is 18.7 Å². The summed E-state index contributed by atoms with van der Waals surface area (Å²) in [4.78, 5) is 25.1. The van der Waals surface area contributed by atoms with Crippen LogP contribution in [0.4, 0.5) is 0 Å². The van der Waals surface area contributed by atoms with Gasteiger partial charge in [-0.05, 0) is 37.2 Å². The highest BCUT2D eigenvalue weighted by molar-refractivity contribution is 5.90. The van der Waals surface area contributed by atoms with E-state index in [1.165, 1.54) is 32.1 Å². The minimum Gasteiger partial charge on any atom is -0.444 e. The molecule has 1 aliphatic rings. The van der Waals surface area contributed by atoms with Crippen LogP contribution in [0.25, 0.3) is 27.1 Å². The molecule has 1 aliphatic carbocycles. The van der Waals surface area contributed by atoms with Gasteiger partial charge in [-0.1, -0.05) is 52.4 Å². The lowest BCUT2D eigenvalue weighted by atomic mass is 9.94. The molecule has 36 heavy (non-hydrogen) atoms. The number of carbonyl (C=O) groups is 1. The molecule has 0 aromatic carbocycles. The van der Waals surface area contributed by atoms with Gasteiger partial charge in [0.25, 0.3) is 0 Å². The molecular formula is C28H38N6O2. The van der Waals surface area contributed by atoms with Gasteiger partial charge in [-0.25, -0.2) is 16.5 Å². The summed E-state index contributed by atoms with van der Waals surface area (Å²) in [5.41, 5.74) is 2.43. The molecule has 3 heterocycles. The van der Waals surface area contributed by atoms with Crippen molar-refractivity contribution < 1.29 is 9.53 Å². The zero-order chi connectivity index (χ0) is 25.3. The second-order valence-electron chi connectivity index (χ2n) is 10.0. The molecule has 2 atom stereocenters. The number of hydrogen-bond donors (Lipinski definition) is 0. The predicted molar refractivity (Wildman–Crippen MR) is 140 cm³/mol. The average Bonchev–Trinajstić information content (AvgIpc) is 3.67. The summed E-state index contributed by atoms with van der Waals surface area (Å²) in [6.45, 7) is 12.4. The van der Waals surface area contributed by atoms with E-state index < -0.39 is 0 Å². The molecule has 0 radical (unpaired) electrons. The first-order chi connectivity index (χ1) is 17.6. The van der Waals surface area contributed by atoms with Crippen molar-refractivity contribution in [1.82, 2.24) is 24.3 Å². The van der Waals surface area contributed by atoms with Crippen LogP contribution in [0, 0.1) is 18.4 Å². The fraction of sp³-hybridized carbons (Fsp3) is 0.607. The van der Waals surface area contributed by atoms with Crippen molar-refractivity contribution in [3.8, 4) is 11.3 Å². The van der Waals surface area contributed by atoms with Crippen molar-refractivity contribution in [3.05, 3.63) is 42.4 Å². The SMILES string of the molecule is [C-]#[N+]C[C@H](C1CCCC1)n1cc(-c2ncnc3c2ccn3COC(=O)CCC(CC)CCCC)cn1. The van der Waals surface area contributed by atoms with Crippen LogP contribution in [0.3, 0.4) is 0 Å². The monoisotopic (exact) mass is 490 g/mol. The smallest absolute Gasteiger partial charge is 0.307 e.